The van der Waals surface area contributed by atoms with Crippen molar-refractivity contribution in [3.05, 3.63) is 71.0 Å². The second-order valence-corrected chi connectivity index (χ2v) is 10.7. The summed E-state index contributed by atoms with van der Waals surface area (Å²) in [7, 11) is -3.80. The molecule has 0 radical (unpaired) electrons. The molecule has 4 rings (SSSR count). The van der Waals surface area contributed by atoms with Crippen molar-refractivity contribution in [2.75, 3.05) is 19.6 Å². The largest absolute Gasteiger partial charge is 0.469 e. The fraction of sp³-hybridized carbons (Fsp3) is 0.385. The third kappa shape index (κ3) is 6.10. The standard InChI is InChI=1S/C26H31N3O5S/c1-19-7-9-21(10-8-19)11-12-24-25(20(2)28-34-24)35(31,32)29-16-13-22(14-17-29)26(30)27-15-3-5-23-6-4-18-33-23/h4,6-12,18,22H,3,5,13-17H2,1-2H3,(H,27,30). The molecule has 1 N–H and O–H groups in total. The Morgan fingerprint density at radius 1 is 1.14 bits per heavy atom. The fourth-order valence-corrected chi connectivity index (χ4v) is 5.93. The summed E-state index contributed by atoms with van der Waals surface area (Å²) in [6.45, 7) is 4.75. The highest BCUT2D eigenvalue weighted by molar-refractivity contribution is 7.89. The van der Waals surface area contributed by atoms with Gasteiger partial charge in [-0.15, -0.1) is 0 Å². The highest BCUT2D eigenvalue weighted by Crippen LogP contribution is 2.29. The molecule has 0 unspecified atom stereocenters. The lowest BCUT2D eigenvalue weighted by Crippen LogP contribution is -2.43. The van der Waals surface area contributed by atoms with Gasteiger partial charge in [-0.05, 0) is 56.9 Å². The van der Waals surface area contributed by atoms with Crippen molar-refractivity contribution < 1.29 is 22.2 Å². The van der Waals surface area contributed by atoms with Gasteiger partial charge < -0.3 is 14.3 Å². The van der Waals surface area contributed by atoms with Crippen LogP contribution < -0.4 is 5.32 Å². The van der Waals surface area contributed by atoms with Crippen LogP contribution >= 0.6 is 0 Å². The Balaban J connectivity index is 1.34. The van der Waals surface area contributed by atoms with Gasteiger partial charge in [0.25, 0.3) is 0 Å². The molecular weight excluding hydrogens is 466 g/mol. The second-order valence-electron chi connectivity index (χ2n) is 8.86. The number of aryl methyl sites for hydroxylation is 3. The minimum absolute atomic E-state index is 0.0237. The van der Waals surface area contributed by atoms with Crippen LogP contribution in [0.25, 0.3) is 12.2 Å². The molecule has 0 aliphatic carbocycles. The van der Waals surface area contributed by atoms with Crippen LogP contribution in [0.4, 0.5) is 0 Å². The maximum Gasteiger partial charge on any atom is 0.248 e. The number of carbonyl (C=O) groups is 1. The van der Waals surface area contributed by atoms with Crippen molar-refractivity contribution in [1.82, 2.24) is 14.8 Å². The number of furan rings is 1. The predicted molar refractivity (Wildman–Crippen MR) is 133 cm³/mol. The van der Waals surface area contributed by atoms with E-state index in [-0.39, 0.29) is 35.6 Å². The highest BCUT2D eigenvalue weighted by atomic mass is 32.2. The van der Waals surface area contributed by atoms with Crippen LogP contribution in [0.2, 0.25) is 0 Å². The van der Waals surface area contributed by atoms with E-state index in [4.69, 9.17) is 8.94 Å². The van der Waals surface area contributed by atoms with Gasteiger partial charge in [-0.25, -0.2) is 8.42 Å². The average Bonchev–Trinajstić information content (AvgIpc) is 3.51. The molecule has 0 atom stereocenters. The second kappa shape index (κ2) is 11.0. The van der Waals surface area contributed by atoms with Crippen molar-refractivity contribution in [2.45, 2.75) is 44.4 Å². The van der Waals surface area contributed by atoms with Gasteiger partial charge in [0.2, 0.25) is 15.9 Å². The van der Waals surface area contributed by atoms with E-state index in [2.05, 4.69) is 10.5 Å². The Morgan fingerprint density at radius 2 is 1.89 bits per heavy atom. The molecule has 0 bridgehead atoms. The lowest BCUT2D eigenvalue weighted by Gasteiger charge is -2.30. The van der Waals surface area contributed by atoms with E-state index >= 15 is 0 Å². The van der Waals surface area contributed by atoms with E-state index < -0.39 is 10.0 Å². The van der Waals surface area contributed by atoms with Gasteiger partial charge >= 0.3 is 0 Å². The summed E-state index contributed by atoms with van der Waals surface area (Å²) in [5.41, 5.74) is 2.40. The number of nitrogens with zero attached hydrogens (tertiary/aromatic N) is 2. The molecule has 0 spiro atoms. The minimum atomic E-state index is -3.80. The van der Waals surface area contributed by atoms with Gasteiger partial charge in [0.05, 0.1) is 6.26 Å². The van der Waals surface area contributed by atoms with Crippen LogP contribution in [-0.4, -0.2) is 43.4 Å². The quantitative estimate of drug-likeness (QED) is 0.444. The van der Waals surface area contributed by atoms with Crippen molar-refractivity contribution in [3.63, 3.8) is 0 Å². The number of benzene rings is 1. The summed E-state index contributed by atoms with van der Waals surface area (Å²) in [5, 5.41) is 6.87. The van der Waals surface area contributed by atoms with Crippen molar-refractivity contribution in [3.8, 4) is 0 Å². The molecule has 1 aromatic carbocycles. The third-order valence-corrected chi connectivity index (χ3v) is 8.30. The summed E-state index contributed by atoms with van der Waals surface area (Å²) in [4.78, 5) is 12.6. The summed E-state index contributed by atoms with van der Waals surface area (Å²) < 4.78 is 38.9. The first-order valence-corrected chi connectivity index (χ1v) is 13.3. The van der Waals surface area contributed by atoms with Crippen molar-refractivity contribution in [2.24, 2.45) is 5.92 Å². The molecule has 1 aliphatic rings. The monoisotopic (exact) mass is 497 g/mol. The normalized spacial score (nSPS) is 15.6. The zero-order valence-electron chi connectivity index (χ0n) is 20.1. The van der Waals surface area contributed by atoms with Crippen molar-refractivity contribution >= 4 is 28.1 Å². The molecule has 1 saturated heterocycles. The first-order chi connectivity index (χ1) is 16.8. The number of nitrogens with one attached hydrogen (secondary N) is 1. The molecule has 9 heteroatoms. The Labute approximate surface area is 206 Å². The summed E-state index contributed by atoms with van der Waals surface area (Å²) in [5.74, 6) is 0.883. The van der Waals surface area contributed by atoms with Crippen LogP contribution in [0.15, 0.2) is 56.5 Å². The molecule has 0 saturated carbocycles. The van der Waals surface area contributed by atoms with Crippen LogP contribution in [-0.2, 0) is 21.2 Å². The van der Waals surface area contributed by atoms with E-state index in [1.807, 2.05) is 43.3 Å². The molecule has 1 fully saturated rings. The van der Waals surface area contributed by atoms with Crippen LogP contribution in [0, 0.1) is 19.8 Å². The summed E-state index contributed by atoms with van der Waals surface area (Å²) in [6, 6.07) is 11.6. The molecule has 35 heavy (non-hydrogen) atoms. The van der Waals surface area contributed by atoms with Crippen LogP contribution in [0.3, 0.4) is 0 Å². The molecule has 2 aromatic heterocycles. The SMILES string of the molecule is Cc1ccc(C=Cc2onc(C)c2S(=O)(=O)N2CCC(C(=O)NCCCc3ccco3)CC2)cc1. The van der Waals surface area contributed by atoms with E-state index in [1.165, 1.54) is 4.31 Å². The minimum Gasteiger partial charge on any atom is -0.469 e. The number of rotatable bonds is 9. The van der Waals surface area contributed by atoms with E-state index in [1.54, 1.807) is 25.3 Å². The number of aromatic nitrogens is 1. The maximum atomic E-state index is 13.4. The Morgan fingerprint density at radius 3 is 2.57 bits per heavy atom. The molecule has 186 valence electrons. The summed E-state index contributed by atoms with van der Waals surface area (Å²) >= 11 is 0. The number of piperidine rings is 1. The first kappa shape index (κ1) is 24.9. The van der Waals surface area contributed by atoms with Gasteiger partial charge in [-0.2, -0.15) is 4.31 Å². The zero-order chi connectivity index (χ0) is 24.8. The Hall–Kier alpha value is -3.17. The number of sulfonamides is 1. The lowest BCUT2D eigenvalue weighted by atomic mass is 9.97. The van der Waals surface area contributed by atoms with Crippen LogP contribution in [0.1, 0.15) is 47.6 Å². The number of carbonyl (C=O) groups excluding carboxylic acids is 1. The number of hydrogen-bond acceptors (Lipinski definition) is 6. The van der Waals surface area contributed by atoms with Gasteiger partial charge in [-0.3, -0.25) is 4.79 Å². The first-order valence-electron chi connectivity index (χ1n) is 11.9. The van der Waals surface area contributed by atoms with Gasteiger partial charge in [0.15, 0.2) is 10.7 Å². The number of amides is 1. The third-order valence-electron chi connectivity index (χ3n) is 6.24. The molecule has 1 aliphatic heterocycles. The van der Waals surface area contributed by atoms with E-state index in [0.29, 0.717) is 25.1 Å². The molecule has 8 nitrogen and oxygen atoms in total. The molecule has 3 heterocycles. The topological polar surface area (TPSA) is 106 Å². The van der Waals surface area contributed by atoms with Gasteiger partial charge in [0.1, 0.15) is 11.5 Å². The molecule has 1 amide bonds. The van der Waals surface area contributed by atoms with Gasteiger partial charge in [0, 0.05) is 32.0 Å². The Bertz CT molecular complexity index is 1250. The van der Waals surface area contributed by atoms with Crippen LogP contribution in [0.5, 0.6) is 0 Å². The molecule has 3 aromatic rings. The maximum absolute atomic E-state index is 13.4. The van der Waals surface area contributed by atoms with E-state index in [9.17, 15) is 13.2 Å². The summed E-state index contributed by atoms with van der Waals surface area (Å²) in [6.07, 6.45) is 7.59. The lowest BCUT2D eigenvalue weighted by molar-refractivity contribution is -0.126. The smallest absolute Gasteiger partial charge is 0.248 e. The van der Waals surface area contributed by atoms with E-state index in [0.717, 1.165) is 29.7 Å². The average molecular weight is 498 g/mol. The predicted octanol–water partition coefficient (Wildman–Crippen LogP) is 4.20. The highest BCUT2D eigenvalue weighted by Gasteiger charge is 2.35. The molecular formula is C26H31N3O5S. The fourth-order valence-electron chi connectivity index (χ4n) is 4.21. The zero-order valence-corrected chi connectivity index (χ0v) is 20.9. The number of hydrogen-bond donors (Lipinski definition) is 1. The Kier molecular flexibility index (Phi) is 7.87. The van der Waals surface area contributed by atoms with Crippen molar-refractivity contribution in [1.29, 1.82) is 0 Å². The van der Waals surface area contributed by atoms with Gasteiger partial charge in [-0.1, -0.05) is 41.1 Å².